The van der Waals surface area contributed by atoms with Crippen molar-refractivity contribution in [1.29, 1.82) is 0 Å². The highest BCUT2D eigenvalue weighted by molar-refractivity contribution is 5.84. The van der Waals surface area contributed by atoms with Crippen LogP contribution < -0.4 is 5.73 Å². The van der Waals surface area contributed by atoms with E-state index >= 15 is 0 Å². The zero-order valence-corrected chi connectivity index (χ0v) is 7.07. The molecule has 2 heterocycles. The van der Waals surface area contributed by atoms with E-state index in [0.717, 1.165) is 16.7 Å². The molecule has 4 nitrogen and oxygen atoms in total. The first-order chi connectivity index (χ1) is 5.68. The topological polar surface area (TPSA) is 56.7 Å². The number of pyridine rings is 1. The van der Waals surface area contributed by atoms with E-state index in [2.05, 4.69) is 10.1 Å². The SMILES string of the molecule is Cc1ccc2c(n1)c(N)nn2C. The fourth-order valence-electron chi connectivity index (χ4n) is 1.26. The van der Waals surface area contributed by atoms with E-state index in [9.17, 15) is 0 Å². The highest BCUT2D eigenvalue weighted by Gasteiger charge is 2.05. The molecular weight excluding hydrogens is 152 g/mol. The standard InChI is InChI=1S/C8H10N4/c1-5-3-4-6-7(10-5)8(9)11-12(6)2/h3-4H,1-2H3,(H2,9,11). The molecule has 0 bridgehead atoms. The fraction of sp³-hybridized carbons (Fsp3) is 0.250. The summed E-state index contributed by atoms with van der Waals surface area (Å²) in [6.07, 6.45) is 0. The monoisotopic (exact) mass is 162 g/mol. The van der Waals surface area contributed by atoms with E-state index in [0.29, 0.717) is 5.82 Å². The van der Waals surface area contributed by atoms with Crippen molar-refractivity contribution in [2.45, 2.75) is 6.92 Å². The van der Waals surface area contributed by atoms with Crippen LogP contribution in [0.25, 0.3) is 11.0 Å². The van der Waals surface area contributed by atoms with Gasteiger partial charge in [-0.1, -0.05) is 0 Å². The van der Waals surface area contributed by atoms with E-state index in [1.807, 2.05) is 26.1 Å². The molecule has 2 aromatic heterocycles. The van der Waals surface area contributed by atoms with Gasteiger partial charge in [-0.05, 0) is 19.1 Å². The number of anilines is 1. The first-order valence-electron chi connectivity index (χ1n) is 3.74. The smallest absolute Gasteiger partial charge is 0.172 e. The van der Waals surface area contributed by atoms with Gasteiger partial charge in [0.15, 0.2) is 5.82 Å². The minimum absolute atomic E-state index is 0.496. The lowest BCUT2D eigenvalue weighted by Crippen LogP contribution is -1.90. The van der Waals surface area contributed by atoms with E-state index < -0.39 is 0 Å². The third-order valence-electron chi connectivity index (χ3n) is 1.86. The molecule has 12 heavy (non-hydrogen) atoms. The quantitative estimate of drug-likeness (QED) is 0.625. The predicted molar refractivity (Wildman–Crippen MR) is 47.7 cm³/mol. The lowest BCUT2D eigenvalue weighted by molar-refractivity contribution is 0.802. The van der Waals surface area contributed by atoms with Gasteiger partial charge in [-0.15, -0.1) is 0 Å². The number of aromatic nitrogens is 3. The number of nitrogen functional groups attached to an aromatic ring is 1. The second-order valence-electron chi connectivity index (χ2n) is 2.83. The van der Waals surface area contributed by atoms with Crippen LogP contribution in [0.15, 0.2) is 12.1 Å². The van der Waals surface area contributed by atoms with Gasteiger partial charge >= 0.3 is 0 Å². The molecule has 0 aromatic carbocycles. The Labute approximate surface area is 70.0 Å². The van der Waals surface area contributed by atoms with Crippen molar-refractivity contribution >= 4 is 16.9 Å². The zero-order valence-electron chi connectivity index (χ0n) is 7.07. The molecule has 4 heteroatoms. The summed E-state index contributed by atoms with van der Waals surface area (Å²) in [5.74, 6) is 0.496. The summed E-state index contributed by atoms with van der Waals surface area (Å²) < 4.78 is 1.73. The molecule has 0 saturated carbocycles. The van der Waals surface area contributed by atoms with Crippen LogP contribution in [0.1, 0.15) is 5.69 Å². The van der Waals surface area contributed by atoms with Gasteiger partial charge < -0.3 is 5.73 Å². The van der Waals surface area contributed by atoms with E-state index in [1.54, 1.807) is 4.68 Å². The molecule has 0 atom stereocenters. The van der Waals surface area contributed by atoms with Crippen LogP contribution in [0.3, 0.4) is 0 Å². The van der Waals surface area contributed by atoms with Crippen LogP contribution >= 0.6 is 0 Å². The molecule has 0 aliphatic carbocycles. The number of aryl methyl sites for hydroxylation is 2. The van der Waals surface area contributed by atoms with E-state index in [-0.39, 0.29) is 0 Å². The average Bonchev–Trinajstić information content (AvgIpc) is 2.28. The molecule has 0 radical (unpaired) electrons. The Morgan fingerprint density at radius 1 is 1.42 bits per heavy atom. The summed E-state index contributed by atoms with van der Waals surface area (Å²) >= 11 is 0. The normalized spacial score (nSPS) is 10.8. The summed E-state index contributed by atoms with van der Waals surface area (Å²) in [5, 5.41) is 4.06. The summed E-state index contributed by atoms with van der Waals surface area (Å²) in [6.45, 7) is 1.94. The summed E-state index contributed by atoms with van der Waals surface area (Å²) in [5.41, 5.74) is 8.37. The van der Waals surface area contributed by atoms with Crippen molar-refractivity contribution in [1.82, 2.24) is 14.8 Å². The Hall–Kier alpha value is -1.58. The highest BCUT2D eigenvalue weighted by atomic mass is 15.3. The molecule has 0 fully saturated rings. The number of rotatable bonds is 0. The van der Waals surface area contributed by atoms with Crippen molar-refractivity contribution in [3.8, 4) is 0 Å². The van der Waals surface area contributed by atoms with E-state index in [1.165, 1.54) is 0 Å². The molecule has 0 aliphatic rings. The van der Waals surface area contributed by atoms with Gasteiger partial charge in [-0.2, -0.15) is 5.10 Å². The second kappa shape index (κ2) is 2.20. The van der Waals surface area contributed by atoms with Gasteiger partial charge in [-0.3, -0.25) is 4.68 Å². The largest absolute Gasteiger partial charge is 0.380 e. The third-order valence-corrected chi connectivity index (χ3v) is 1.86. The van der Waals surface area contributed by atoms with Gasteiger partial charge in [0.05, 0.1) is 5.52 Å². The highest BCUT2D eigenvalue weighted by Crippen LogP contribution is 2.16. The number of hydrogen-bond donors (Lipinski definition) is 1. The predicted octanol–water partition coefficient (Wildman–Crippen LogP) is 0.859. The first-order valence-corrected chi connectivity index (χ1v) is 3.74. The van der Waals surface area contributed by atoms with E-state index in [4.69, 9.17) is 5.73 Å². The van der Waals surface area contributed by atoms with Crippen molar-refractivity contribution in [2.75, 3.05) is 5.73 Å². The Kier molecular flexibility index (Phi) is 1.30. The maximum Gasteiger partial charge on any atom is 0.172 e. The van der Waals surface area contributed by atoms with Gasteiger partial charge in [0.2, 0.25) is 0 Å². The summed E-state index contributed by atoms with van der Waals surface area (Å²) in [7, 11) is 1.86. The number of fused-ring (bicyclic) bond motifs is 1. The maximum absolute atomic E-state index is 5.65. The lowest BCUT2D eigenvalue weighted by Gasteiger charge is -1.93. The fourth-order valence-corrected chi connectivity index (χ4v) is 1.26. The van der Waals surface area contributed by atoms with Crippen molar-refractivity contribution in [3.05, 3.63) is 17.8 Å². The van der Waals surface area contributed by atoms with Crippen molar-refractivity contribution < 1.29 is 0 Å². The van der Waals surface area contributed by atoms with Crippen LogP contribution in [-0.4, -0.2) is 14.8 Å². The molecule has 2 rings (SSSR count). The second-order valence-corrected chi connectivity index (χ2v) is 2.83. The molecule has 0 amide bonds. The maximum atomic E-state index is 5.65. The molecule has 0 spiro atoms. The Morgan fingerprint density at radius 2 is 2.17 bits per heavy atom. The molecule has 0 unspecified atom stereocenters. The number of nitrogens with zero attached hydrogens (tertiary/aromatic N) is 3. The molecular formula is C8H10N4. The van der Waals surface area contributed by atoms with Crippen LogP contribution in [-0.2, 0) is 7.05 Å². The van der Waals surface area contributed by atoms with Crippen molar-refractivity contribution in [3.63, 3.8) is 0 Å². The molecule has 2 N–H and O–H groups in total. The zero-order chi connectivity index (χ0) is 8.72. The lowest BCUT2D eigenvalue weighted by atomic mass is 10.3. The molecule has 0 aliphatic heterocycles. The average molecular weight is 162 g/mol. The Balaban J connectivity index is 2.90. The summed E-state index contributed by atoms with van der Waals surface area (Å²) in [4.78, 5) is 4.29. The van der Waals surface area contributed by atoms with Crippen LogP contribution in [0.5, 0.6) is 0 Å². The molecule has 62 valence electrons. The van der Waals surface area contributed by atoms with Gasteiger partial charge in [0, 0.05) is 12.7 Å². The minimum atomic E-state index is 0.496. The van der Waals surface area contributed by atoms with Crippen LogP contribution in [0.2, 0.25) is 0 Å². The van der Waals surface area contributed by atoms with Gasteiger partial charge in [0.25, 0.3) is 0 Å². The summed E-state index contributed by atoms with van der Waals surface area (Å²) in [6, 6.07) is 3.92. The first kappa shape index (κ1) is 7.09. The minimum Gasteiger partial charge on any atom is -0.380 e. The van der Waals surface area contributed by atoms with Gasteiger partial charge in [-0.25, -0.2) is 4.98 Å². The molecule has 0 saturated heterocycles. The van der Waals surface area contributed by atoms with Gasteiger partial charge in [0.1, 0.15) is 5.52 Å². The number of nitrogens with two attached hydrogens (primary N) is 1. The Morgan fingerprint density at radius 3 is 2.92 bits per heavy atom. The van der Waals surface area contributed by atoms with Crippen LogP contribution in [0, 0.1) is 6.92 Å². The van der Waals surface area contributed by atoms with Crippen molar-refractivity contribution in [2.24, 2.45) is 7.05 Å². The molecule has 2 aromatic rings. The van der Waals surface area contributed by atoms with Crippen LogP contribution in [0.4, 0.5) is 5.82 Å². The Bertz CT molecular complexity index is 430. The third kappa shape index (κ3) is 0.845. The number of hydrogen-bond acceptors (Lipinski definition) is 3.